The maximum atomic E-state index is 11.3. The number of carboxylic acid groups (broad SMARTS) is 1. The number of carboxylic acids is 1. The number of unbranched alkanes of at least 4 members (excludes halogenated alkanes) is 1. The van der Waals surface area contributed by atoms with Crippen LogP contribution in [0.1, 0.15) is 19.8 Å². The molecular formula is C10H19NO7. The predicted molar refractivity (Wildman–Crippen MR) is 59.6 cm³/mol. The van der Waals surface area contributed by atoms with E-state index < -0.39 is 36.3 Å². The first kappa shape index (κ1) is 16.8. The van der Waals surface area contributed by atoms with Gasteiger partial charge in [0, 0.05) is 6.54 Å². The van der Waals surface area contributed by atoms with Gasteiger partial charge >= 0.3 is 5.97 Å². The lowest BCUT2D eigenvalue weighted by Gasteiger charge is -2.23. The number of carbonyl (C=O) groups is 2. The van der Waals surface area contributed by atoms with Crippen molar-refractivity contribution in [3.8, 4) is 0 Å². The summed E-state index contributed by atoms with van der Waals surface area (Å²) < 4.78 is 0. The number of rotatable bonds is 8. The van der Waals surface area contributed by atoms with Crippen LogP contribution in [0.15, 0.2) is 0 Å². The van der Waals surface area contributed by atoms with Gasteiger partial charge in [-0.1, -0.05) is 13.3 Å². The van der Waals surface area contributed by atoms with Crippen molar-refractivity contribution in [2.24, 2.45) is 0 Å². The van der Waals surface area contributed by atoms with Crippen LogP contribution in [-0.4, -0.2) is 68.4 Å². The normalized spacial score (nSPS) is 17.6. The first-order chi connectivity index (χ1) is 8.32. The van der Waals surface area contributed by atoms with Gasteiger partial charge in [-0.05, 0) is 6.42 Å². The van der Waals surface area contributed by atoms with Crippen LogP contribution >= 0.6 is 0 Å². The molecule has 0 spiro atoms. The molecule has 0 radical (unpaired) electrons. The van der Waals surface area contributed by atoms with E-state index in [0.717, 1.165) is 6.42 Å². The Hall–Kier alpha value is -1.22. The monoisotopic (exact) mass is 265 g/mol. The van der Waals surface area contributed by atoms with Crippen molar-refractivity contribution in [2.75, 3.05) is 6.54 Å². The molecule has 0 aromatic carbocycles. The van der Waals surface area contributed by atoms with E-state index in [0.29, 0.717) is 6.42 Å². The summed E-state index contributed by atoms with van der Waals surface area (Å²) in [6.07, 6.45) is -7.04. The van der Waals surface area contributed by atoms with Crippen LogP contribution in [0, 0.1) is 0 Å². The van der Waals surface area contributed by atoms with Crippen molar-refractivity contribution in [3.05, 3.63) is 0 Å². The molecule has 0 bridgehead atoms. The third-order valence-corrected chi connectivity index (χ3v) is 2.35. The van der Waals surface area contributed by atoms with Gasteiger partial charge in [0.05, 0.1) is 0 Å². The van der Waals surface area contributed by atoms with Gasteiger partial charge in [0.2, 0.25) is 0 Å². The lowest BCUT2D eigenvalue weighted by atomic mass is 10.0. The molecule has 0 heterocycles. The summed E-state index contributed by atoms with van der Waals surface area (Å²) in [5.41, 5.74) is 0. The highest BCUT2D eigenvalue weighted by Crippen LogP contribution is 2.06. The van der Waals surface area contributed by atoms with Crippen LogP contribution in [-0.2, 0) is 9.59 Å². The van der Waals surface area contributed by atoms with Crippen molar-refractivity contribution in [2.45, 2.75) is 44.2 Å². The van der Waals surface area contributed by atoms with E-state index in [1.165, 1.54) is 0 Å². The minimum atomic E-state index is -2.28. The summed E-state index contributed by atoms with van der Waals surface area (Å²) in [5.74, 6) is -2.70. The molecular weight excluding hydrogens is 246 g/mol. The summed E-state index contributed by atoms with van der Waals surface area (Å²) in [4.78, 5) is 21.6. The Balaban J connectivity index is 4.35. The second kappa shape index (κ2) is 7.98. The van der Waals surface area contributed by atoms with E-state index in [9.17, 15) is 24.9 Å². The first-order valence-corrected chi connectivity index (χ1v) is 5.55. The molecule has 0 aliphatic carbocycles. The molecule has 0 saturated carbocycles. The summed E-state index contributed by atoms with van der Waals surface area (Å²) in [6, 6.07) is 0. The zero-order chi connectivity index (χ0) is 14.3. The fraction of sp³-hybridized carbons (Fsp3) is 0.800. The molecule has 0 aliphatic rings. The number of hydrogen-bond donors (Lipinski definition) is 6. The molecule has 8 heteroatoms. The second-order valence-corrected chi connectivity index (χ2v) is 3.85. The topological polar surface area (TPSA) is 147 Å². The number of hydrogen-bond acceptors (Lipinski definition) is 6. The number of amides is 1. The van der Waals surface area contributed by atoms with E-state index in [4.69, 9.17) is 10.2 Å². The Kier molecular flexibility index (Phi) is 7.44. The van der Waals surface area contributed by atoms with Crippen molar-refractivity contribution >= 4 is 11.9 Å². The second-order valence-electron chi connectivity index (χ2n) is 3.85. The molecule has 0 aromatic heterocycles. The van der Waals surface area contributed by atoms with E-state index in [1.807, 2.05) is 6.92 Å². The SMILES string of the molecule is CCCCNC(=O)[C@@H](O)[C@H](O)[C@H](O)[C@@H](O)C(=O)O. The van der Waals surface area contributed by atoms with Crippen molar-refractivity contribution in [1.29, 1.82) is 0 Å². The average molecular weight is 265 g/mol. The number of aliphatic hydroxyl groups is 4. The van der Waals surface area contributed by atoms with Gasteiger partial charge in [0.1, 0.15) is 12.2 Å². The Morgan fingerprint density at radius 2 is 1.56 bits per heavy atom. The Bertz CT molecular complexity index is 283. The third-order valence-electron chi connectivity index (χ3n) is 2.35. The molecule has 4 atom stereocenters. The molecule has 0 rings (SSSR count). The maximum Gasteiger partial charge on any atom is 0.335 e. The lowest BCUT2D eigenvalue weighted by molar-refractivity contribution is -0.166. The van der Waals surface area contributed by atoms with Gasteiger partial charge in [0.15, 0.2) is 12.2 Å². The molecule has 0 aromatic rings. The molecule has 0 unspecified atom stereocenters. The predicted octanol–water partition coefficient (Wildman–Crippen LogP) is -2.57. The molecule has 0 aliphatic heterocycles. The average Bonchev–Trinajstić information content (AvgIpc) is 2.35. The third kappa shape index (κ3) is 4.96. The molecule has 106 valence electrons. The van der Waals surface area contributed by atoms with Crippen LogP contribution in [0.25, 0.3) is 0 Å². The summed E-state index contributed by atoms with van der Waals surface area (Å²) >= 11 is 0. The maximum absolute atomic E-state index is 11.3. The molecule has 0 fully saturated rings. The van der Waals surface area contributed by atoms with E-state index in [1.54, 1.807) is 0 Å². The number of aliphatic hydroxyl groups excluding tert-OH is 4. The van der Waals surface area contributed by atoms with Crippen LogP contribution in [0.5, 0.6) is 0 Å². The van der Waals surface area contributed by atoms with Crippen LogP contribution in [0.3, 0.4) is 0 Å². The lowest BCUT2D eigenvalue weighted by Crippen LogP contribution is -2.52. The van der Waals surface area contributed by atoms with Crippen molar-refractivity contribution in [3.63, 3.8) is 0 Å². The minimum absolute atomic E-state index is 0.288. The highest BCUT2D eigenvalue weighted by Gasteiger charge is 2.37. The molecule has 1 amide bonds. The Morgan fingerprint density at radius 1 is 1.06 bits per heavy atom. The van der Waals surface area contributed by atoms with Gasteiger partial charge in [-0.3, -0.25) is 4.79 Å². The van der Waals surface area contributed by atoms with E-state index in [-0.39, 0.29) is 6.54 Å². The van der Waals surface area contributed by atoms with Crippen LogP contribution < -0.4 is 5.32 Å². The Morgan fingerprint density at radius 3 is 2.00 bits per heavy atom. The molecule has 8 nitrogen and oxygen atoms in total. The summed E-state index contributed by atoms with van der Waals surface area (Å²) in [7, 11) is 0. The quantitative estimate of drug-likeness (QED) is 0.264. The van der Waals surface area contributed by atoms with Crippen molar-refractivity contribution < 1.29 is 35.1 Å². The first-order valence-electron chi connectivity index (χ1n) is 5.55. The van der Waals surface area contributed by atoms with Gasteiger partial charge in [-0.25, -0.2) is 4.79 Å². The number of carbonyl (C=O) groups excluding carboxylic acids is 1. The number of nitrogens with one attached hydrogen (secondary N) is 1. The van der Waals surface area contributed by atoms with Crippen molar-refractivity contribution in [1.82, 2.24) is 5.32 Å². The standard InChI is InChI=1S/C10H19NO7/c1-2-3-4-11-9(16)7(14)5(12)6(13)8(15)10(17)18/h5-8,12-15H,2-4H2,1H3,(H,11,16)(H,17,18)/t5-,6+,7+,8-/m1/s1. The highest BCUT2D eigenvalue weighted by molar-refractivity contribution is 5.81. The molecule has 6 N–H and O–H groups in total. The van der Waals surface area contributed by atoms with E-state index >= 15 is 0 Å². The fourth-order valence-electron chi connectivity index (χ4n) is 1.17. The smallest absolute Gasteiger partial charge is 0.335 e. The van der Waals surface area contributed by atoms with Gasteiger partial charge in [-0.15, -0.1) is 0 Å². The molecule has 18 heavy (non-hydrogen) atoms. The van der Waals surface area contributed by atoms with Gasteiger partial charge < -0.3 is 30.8 Å². The summed E-state index contributed by atoms with van der Waals surface area (Å²) in [5, 5.41) is 47.6. The highest BCUT2D eigenvalue weighted by atomic mass is 16.4. The Labute approximate surface area is 104 Å². The fourth-order valence-corrected chi connectivity index (χ4v) is 1.17. The zero-order valence-electron chi connectivity index (χ0n) is 9.98. The minimum Gasteiger partial charge on any atom is -0.479 e. The molecule has 0 saturated heterocycles. The zero-order valence-corrected chi connectivity index (χ0v) is 9.98. The van der Waals surface area contributed by atoms with E-state index in [2.05, 4.69) is 5.32 Å². The van der Waals surface area contributed by atoms with Crippen LogP contribution in [0.2, 0.25) is 0 Å². The number of aliphatic carboxylic acids is 1. The van der Waals surface area contributed by atoms with Crippen LogP contribution in [0.4, 0.5) is 0 Å². The largest absolute Gasteiger partial charge is 0.479 e. The summed E-state index contributed by atoms with van der Waals surface area (Å²) in [6.45, 7) is 2.18. The van der Waals surface area contributed by atoms with Gasteiger partial charge in [-0.2, -0.15) is 0 Å². The van der Waals surface area contributed by atoms with Gasteiger partial charge in [0.25, 0.3) is 5.91 Å².